The maximum absolute atomic E-state index is 6.21. The second kappa shape index (κ2) is 9.36. The van der Waals surface area contributed by atoms with E-state index in [1.807, 2.05) is 36.5 Å². The maximum Gasteiger partial charge on any atom is 0.124 e. The Morgan fingerprint density at radius 1 is 1.27 bits per heavy atom. The van der Waals surface area contributed by atoms with E-state index in [0.717, 1.165) is 41.5 Å². The van der Waals surface area contributed by atoms with Crippen LogP contribution in [0.4, 0.5) is 0 Å². The smallest absolute Gasteiger partial charge is 0.124 e. The molecule has 0 spiro atoms. The molecule has 0 unspecified atom stereocenters. The fourth-order valence-electron chi connectivity index (χ4n) is 3.35. The van der Waals surface area contributed by atoms with Gasteiger partial charge in [0.25, 0.3) is 0 Å². The first-order chi connectivity index (χ1) is 12.6. The molecule has 2 aromatic rings. The zero-order valence-electron chi connectivity index (χ0n) is 15.6. The molecule has 1 aromatic carbocycles. The van der Waals surface area contributed by atoms with Crippen LogP contribution in [0, 0.1) is 0 Å². The Kier molecular flexibility index (Phi) is 6.89. The second-order valence-electron chi connectivity index (χ2n) is 7.19. The maximum atomic E-state index is 6.21. The SMILES string of the molecule is CC(C)N1CCC(NCc2cc(Cl)ccc2OCc2cccnc2)CC1. The van der Waals surface area contributed by atoms with Crippen molar-refractivity contribution in [2.75, 3.05) is 13.1 Å². The molecular weight excluding hydrogens is 346 g/mol. The number of piperidine rings is 1. The van der Waals surface area contributed by atoms with Gasteiger partial charge in [-0.3, -0.25) is 4.98 Å². The lowest BCUT2D eigenvalue weighted by Gasteiger charge is -2.35. The van der Waals surface area contributed by atoms with E-state index >= 15 is 0 Å². The minimum Gasteiger partial charge on any atom is -0.489 e. The van der Waals surface area contributed by atoms with Crippen molar-refractivity contribution in [3.8, 4) is 5.75 Å². The van der Waals surface area contributed by atoms with Gasteiger partial charge in [-0.05, 0) is 64.0 Å². The van der Waals surface area contributed by atoms with Crippen molar-refractivity contribution in [1.82, 2.24) is 15.2 Å². The van der Waals surface area contributed by atoms with E-state index in [4.69, 9.17) is 16.3 Å². The summed E-state index contributed by atoms with van der Waals surface area (Å²) < 4.78 is 6.02. The van der Waals surface area contributed by atoms with Crippen LogP contribution in [0.3, 0.4) is 0 Å². The zero-order chi connectivity index (χ0) is 18.4. The first-order valence-corrected chi connectivity index (χ1v) is 9.77. The molecule has 1 aromatic heterocycles. The Morgan fingerprint density at radius 2 is 2.08 bits per heavy atom. The largest absolute Gasteiger partial charge is 0.489 e. The van der Waals surface area contributed by atoms with E-state index in [1.165, 1.54) is 12.8 Å². The van der Waals surface area contributed by atoms with E-state index in [0.29, 0.717) is 18.7 Å². The van der Waals surface area contributed by atoms with Gasteiger partial charge in [0.2, 0.25) is 0 Å². The van der Waals surface area contributed by atoms with Crippen LogP contribution in [-0.4, -0.2) is 35.1 Å². The lowest BCUT2D eigenvalue weighted by atomic mass is 10.0. The first-order valence-electron chi connectivity index (χ1n) is 9.39. The molecule has 1 aliphatic heterocycles. The Bertz CT molecular complexity index is 685. The summed E-state index contributed by atoms with van der Waals surface area (Å²) in [6.45, 7) is 8.15. The van der Waals surface area contributed by atoms with Crippen molar-refractivity contribution < 1.29 is 4.74 Å². The Morgan fingerprint density at radius 3 is 2.77 bits per heavy atom. The molecular formula is C21H28ClN3O. The Labute approximate surface area is 161 Å². The molecule has 5 heteroatoms. The second-order valence-corrected chi connectivity index (χ2v) is 7.62. The number of halogens is 1. The number of hydrogen-bond acceptors (Lipinski definition) is 4. The Balaban J connectivity index is 1.56. The molecule has 0 amide bonds. The number of benzene rings is 1. The van der Waals surface area contributed by atoms with Gasteiger partial charge in [0.05, 0.1) is 0 Å². The lowest BCUT2D eigenvalue weighted by Crippen LogP contribution is -2.44. The molecule has 0 bridgehead atoms. The van der Waals surface area contributed by atoms with Gasteiger partial charge in [-0.1, -0.05) is 17.7 Å². The summed E-state index contributed by atoms with van der Waals surface area (Å²) in [6, 6.07) is 11.0. The normalized spacial score (nSPS) is 16.2. The van der Waals surface area contributed by atoms with Crippen molar-refractivity contribution in [2.24, 2.45) is 0 Å². The molecule has 1 N–H and O–H groups in total. The molecule has 0 aliphatic carbocycles. The van der Waals surface area contributed by atoms with Crippen LogP contribution < -0.4 is 10.1 Å². The van der Waals surface area contributed by atoms with Crippen LogP contribution in [-0.2, 0) is 13.2 Å². The summed E-state index contributed by atoms with van der Waals surface area (Å²) in [5.41, 5.74) is 2.16. The third kappa shape index (κ3) is 5.44. The van der Waals surface area contributed by atoms with E-state index in [9.17, 15) is 0 Å². The van der Waals surface area contributed by atoms with Crippen LogP contribution in [0.25, 0.3) is 0 Å². The van der Waals surface area contributed by atoms with Crippen LogP contribution in [0.1, 0.15) is 37.8 Å². The summed E-state index contributed by atoms with van der Waals surface area (Å²) in [7, 11) is 0. The van der Waals surface area contributed by atoms with Crippen LogP contribution >= 0.6 is 11.6 Å². The monoisotopic (exact) mass is 373 g/mol. The van der Waals surface area contributed by atoms with Crippen molar-refractivity contribution >= 4 is 11.6 Å². The standard InChI is InChI=1S/C21H28ClN3O/c1-16(2)25-10-7-20(8-11-25)24-14-18-12-19(22)5-6-21(18)26-15-17-4-3-9-23-13-17/h3-6,9,12-13,16,20,24H,7-8,10-11,14-15H2,1-2H3. The molecule has 0 saturated carbocycles. The predicted octanol–water partition coefficient (Wildman–Crippen LogP) is 4.28. The van der Waals surface area contributed by atoms with Crippen LogP contribution in [0.2, 0.25) is 5.02 Å². The summed E-state index contributed by atoms with van der Waals surface area (Å²) >= 11 is 6.21. The summed E-state index contributed by atoms with van der Waals surface area (Å²) in [5.74, 6) is 0.880. The number of likely N-dealkylation sites (tertiary alicyclic amines) is 1. The van der Waals surface area contributed by atoms with Gasteiger partial charge < -0.3 is 15.0 Å². The quantitative estimate of drug-likeness (QED) is 0.786. The third-order valence-electron chi connectivity index (χ3n) is 4.98. The zero-order valence-corrected chi connectivity index (χ0v) is 16.4. The molecule has 26 heavy (non-hydrogen) atoms. The lowest BCUT2D eigenvalue weighted by molar-refractivity contribution is 0.160. The van der Waals surface area contributed by atoms with Gasteiger partial charge in [-0.25, -0.2) is 0 Å². The highest BCUT2D eigenvalue weighted by Crippen LogP contribution is 2.24. The molecule has 0 radical (unpaired) electrons. The Hall–Kier alpha value is -1.62. The highest BCUT2D eigenvalue weighted by atomic mass is 35.5. The number of ether oxygens (including phenoxy) is 1. The molecule has 2 heterocycles. The number of nitrogens with one attached hydrogen (secondary N) is 1. The number of nitrogens with zero attached hydrogens (tertiary/aromatic N) is 2. The minimum absolute atomic E-state index is 0.509. The van der Waals surface area contributed by atoms with Crippen LogP contribution in [0.15, 0.2) is 42.7 Å². The molecule has 1 fully saturated rings. The van der Waals surface area contributed by atoms with E-state index in [2.05, 4.69) is 29.0 Å². The average molecular weight is 374 g/mol. The van der Waals surface area contributed by atoms with Crippen LogP contribution in [0.5, 0.6) is 5.75 Å². The van der Waals surface area contributed by atoms with Crippen molar-refractivity contribution in [3.05, 3.63) is 58.9 Å². The van der Waals surface area contributed by atoms with E-state index < -0.39 is 0 Å². The molecule has 4 nitrogen and oxygen atoms in total. The summed E-state index contributed by atoms with van der Waals surface area (Å²) in [6.07, 6.45) is 5.97. The number of rotatable bonds is 7. The summed E-state index contributed by atoms with van der Waals surface area (Å²) in [4.78, 5) is 6.67. The highest BCUT2D eigenvalue weighted by Gasteiger charge is 2.20. The van der Waals surface area contributed by atoms with E-state index in [1.54, 1.807) is 6.20 Å². The topological polar surface area (TPSA) is 37.4 Å². The van der Waals surface area contributed by atoms with Gasteiger partial charge in [-0.2, -0.15) is 0 Å². The van der Waals surface area contributed by atoms with E-state index in [-0.39, 0.29) is 0 Å². The van der Waals surface area contributed by atoms with Crippen molar-refractivity contribution in [1.29, 1.82) is 0 Å². The molecule has 1 aliphatic rings. The third-order valence-corrected chi connectivity index (χ3v) is 5.22. The average Bonchev–Trinajstić information content (AvgIpc) is 2.66. The number of pyridine rings is 1. The minimum atomic E-state index is 0.509. The molecule has 140 valence electrons. The van der Waals surface area contributed by atoms with Crippen molar-refractivity contribution in [2.45, 2.75) is 51.9 Å². The fourth-order valence-corrected chi connectivity index (χ4v) is 3.54. The highest BCUT2D eigenvalue weighted by molar-refractivity contribution is 6.30. The van der Waals surface area contributed by atoms with Gasteiger partial charge in [-0.15, -0.1) is 0 Å². The van der Waals surface area contributed by atoms with Gasteiger partial charge >= 0.3 is 0 Å². The predicted molar refractivity (Wildman–Crippen MR) is 107 cm³/mol. The molecule has 1 saturated heterocycles. The van der Waals surface area contributed by atoms with Gasteiger partial charge in [0, 0.05) is 47.2 Å². The molecule has 0 atom stereocenters. The van der Waals surface area contributed by atoms with Gasteiger partial charge in [0.15, 0.2) is 0 Å². The first kappa shape index (κ1) is 19.2. The van der Waals surface area contributed by atoms with Gasteiger partial charge in [0.1, 0.15) is 12.4 Å². The fraction of sp³-hybridized carbons (Fsp3) is 0.476. The molecule has 3 rings (SSSR count). The van der Waals surface area contributed by atoms with Crippen molar-refractivity contribution in [3.63, 3.8) is 0 Å². The summed E-state index contributed by atoms with van der Waals surface area (Å²) in [5, 5.41) is 4.43. The number of aromatic nitrogens is 1. The number of hydrogen-bond donors (Lipinski definition) is 1.